The first-order valence-corrected chi connectivity index (χ1v) is 5.11. The van der Waals surface area contributed by atoms with Crippen molar-refractivity contribution in [3.05, 3.63) is 22.1 Å². The molecule has 0 aliphatic heterocycles. The number of aliphatic carboxylic acids is 1. The second-order valence-electron chi connectivity index (χ2n) is 3.59. The fourth-order valence-corrected chi connectivity index (χ4v) is 1.79. The van der Waals surface area contributed by atoms with Crippen LogP contribution < -0.4 is 40.2 Å². The standard InChI is InChI=1S/C9H12N2O3S.Na/c1-5-4-6(12)11-8(10-5)15-9(2,3)7(13)14;/h4H,1-3H3,(H,13,14)(H,10,11,12);/q;+1/p-1. The van der Waals surface area contributed by atoms with Crippen LogP contribution in [-0.4, -0.2) is 20.7 Å². The van der Waals surface area contributed by atoms with Crippen LogP contribution in [0, 0.1) is 6.92 Å². The van der Waals surface area contributed by atoms with E-state index in [2.05, 4.69) is 9.97 Å². The van der Waals surface area contributed by atoms with E-state index < -0.39 is 10.7 Å². The Morgan fingerprint density at radius 1 is 1.56 bits per heavy atom. The number of carbonyl (C=O) groups excluding carboxylic acids is 1. The molecule has 0 aliphatic rings. The van der Waals surface area contributed by atoms with Crippen LogP contribution in [0.1, 0.15) is 19.5 Å². The van der Waals surface area contributed by atoms with E-state index in [1.165, 1.54) is 19.9 Å². The molecule has 1 N–H and O–H groups in total. The Labute approximate surface area is 119 Å². The van der Waals surface area contributed by atoms with Crippen molar-refractivity contribution in [1.29, 1.82) is 0 Å². The van der Waals surface area contributed by atoms with Crippen molar-refractivity contribution >= 4 is 17.7 Å². The van der Waals surface area contributed by atoms with E-state index in [1.54, 1.807) is 6.92 Å². The van der Waals surface area contributed by atoms with Crippen LogP contribution in [-0.2, 0) is 4.79 Å². The average Bonchev–Trinajstić information content (AvgIpc) is 1.99. The number of aromatic amines is 1. The number of hydrogen-bond donors (Lipinski definition) is 1. The van der Waals surface area contributed by atoms with Crippen LogP contribution in [0.2, 0.25) is 0 Å². The van der Waals surface area contributed by atoms with E-state index in [0.717, 1.165) is 11.8 Å². The predicted octanol–water partition coefficient (Wildman–Crippen LogP) is -3.30. The summed E-state index contributed by atoms with van der Waals surface area (Å²) in [5.41, 5.74) is 0.259. The van der Waals surface area contributed by atoms with Crippen LogP contribution in [0.25, 0.3) is 0 Å². The van der Waals surface area contributed by atoms with E-state index in [1.807, 2.05) is 0 Å². The van der Waals surface area contributed by atoms with Gasteiger partial charge in [-0.15, -0.1) is 0 Å². The van der Waals surface area contributed by atoms with Crippen molar-refractivity contribution in [2.75, 3.05) is 0 Å². The molecule has 1 aromatic rings. The van der Waals surface area contributed by atoms with Gasteiger partial charge in [-0.1, -0.05) is 11.8 Å². The predicted molar refractivity (Wildman–Crippen MR) is 54.5 cm³/mol. The van der Waals surface area contributed by atoms with Gasteiger partial charge < -0.3 is 14.9 Å². The van der Waals surface area contributed by atoms with Gasteiger partial charge in [-0.3, -0.25) is 4.79 Å². The van der Waals surface area contributed by atoms with E-state index in [-0.39, 0.29) is 40.3 Å². The molecule has 0 fully saturated rings. The van der Waals surface area contributed by atoms with E-state index >= 15 is 0 Å². The fourth-order valence-electron chi connectivity index (χ4n) is 0.883. The maximum Gasteiger partial charge on any atom is 1.00 e. The van der Waals surface area contributed by atoms with Gasteiger partial charge in [0.05, 0.1) is 10.7 Å². The number of nitrogens with zero attached hydrogens (tertiary/aromatic N) is 1. The smallest absolute Gasteiger partial charge is 0.549 e. The number of aromatic nitrogens is 2. The minimum Gasteiger partial charge on any atom is -0.549 e. The Bertz CT molecular complexity index is 445. The molecular weight excluding hydrogens is 239 g/mol. The SMILES string of the molecule is Cc1cc(=O)[nH]c(SC(C)(C)C(=O)[O-])n1.[Na+]. The summed E-state index contributed by atoms with van der Waals surface area (Å²) in [5, 5.41) is 11.0. The fraction of sp³-hybridized carbons (Fsp3) is 0.444. The summed E-state index contributed by atoms with van der Waals surface area (Å²) < 4.78 is -1.12. The normalized spacial score (nSPS) is 10.7. The topological polar surface area (TPSA) is 85.9 Å². The van der Waals surface area contributed by atoms with Gasteiger partial charge in [-0.25, -0.2) is 4.98 Å². The van der Waals surface area contributed by atoms with Crippen molar-refractivity contribution in [3.8, 4) is 0 Å². The third kappa shape index (κ3) is 4.29. The van der Waals surface area contributed by atoms with Crippen LogP contribution in [0.4, 0.5) is 0 Å². The number of H-pyrrole nitrogens is 1. The quantitative estimate of drug-likeness (QED) is 0.345. The maximum atomic E-state index is 11.1. The van der Waals surface area contributed by atoms with Gasteiger partial charge in [0.15, 0.2) is 5.16 Å². The Hall–Kier alpha value is -0.300. The number of aryl methyl sites for hydroxylation is 1. The number of carboxylic acid groups (broad SMARTS) is 1. The van der Waals surface area contributed by atoms with Crippen LogP contribution >= 0.6 is 11.8 Å². The molecule has 0 unspecified atom stereocenters. The molecule has 1 aromatic heterocycles. The van der Waals surface area contributed by atoms with Crippen LogP contribution in [0.3, 0.4) is 0 Å². The van der Waals surface area contributed by atoms with Crippen LogP contribution in [0.5, 0.6) is 0 Å². The first kappa shape index (κ1) is 15.7. The van der Waals surface area contributed by atoms with Gasteiger partial charge in [0.1, 0.15) is 0 Å². The van der Waals surface area contributed by atoms with Crippen molar-refractivity contribution in [2.45, 2.75) is 30.7 Å². The second-order valence-corrected chi connectivity index (χ2v) is 5.20. The van der Waals surface area contributed by atoms with Gasteiger partial charge in [-0.05, 0) is 20.8 Å². The molecule has 0 amide bonds. The van der Waals surface area contributed by atoms with E-state index in [4.69, 9.17) is 0 Å². The zero-order valence-corrected chi connectivity index (χ0v) is 12.5. The molecule has 0 aromatic carbocycles. The molecule has 0 saturated heterocycles. The van der Waals surface area contributed by atoms with Crippen molar-refractivity contribution in [2.24, 2.45) is 0 Å². The number of rotatable bonds is 3. The molecule has 1 heterocycles. The van der Waals surface area contributed by atoms with E-state index in [9.17, 15) is 14.7 Å². The van der Waals surface area contributed by atoms with Gasteiger partial charge in [0.25, 0.3) is 5.56 Å². The summed E-state index contributed by atoms with van der Waals surface area (Å²) >= 11 is 0.954. The van der Waals surface area contributed by atoms with Crippen LogP contribution in [0.15, 0.2) is 16.0 Å². The zero-order valence-electron chi connectivity index (χ0n) is 9.66. The van der Waals surface area contributed by atoms with Gasteiger partial charge in [0.2, 0.25) is 0 Å². The number of hydrogen-bond acceptors (Lipinski definition) is 5. The molecule has 1 rings (SSSR count). The minimum atomic E-state index is -1.20. The maximum absolute atomic E-state index is 11.1. The van der Waals surface area contributed by atoms with Crippen molar-refractivity contribution < 1.29 is 39.5 Å². The first-order valence-electron chi connectivity index (χ1n) is 4.30. The summed E-state index contributed by atoms with van der Waals surface area (Å²) in [7, 11) is 0. The molecule has 0 saturated carbocycles. The Morgan fingerprint density at radius 3 is 2.56 bits per heavy atom. The third-order valence-electron chi connectivity index (χ3n) is 1.69. The number of thioether (sulfide) groups is 1. The largest absolute Gasteiger partial charge is 1.00 e. The molecule has 5 nitrogen and oxygen atoms in total. The molecule has 82 valence electrons. The molecule has 0 bridgehead atoms. The summed E-state index contributed by atoms with van der Waals surface area (Å²) in [5.74, 6) is -1.20. The second kappa shape index (κ2) is 5.86. The van der Waals surface area contributed by atoms with Gasteiger partial charge in [0, 0.05) is 11.8 Å². The summed E-state index contributed by atoms with van der Waals surface area (Å²) in [6, 6.07) is 1.34. The molecule has 0 aliphatic carbocycles. The minimum absolute atomic E-state index is 0. The Kier molecular flexibility index (Phi) is 5.75. The van der Waals surface area contributed by atoms with E-state index in [0.29, 0.717) is 5.69 Å². The van der Waals surface area contributed by atoms with Crippen molar-refractivity contribution in [1.82, 2.24) is 9.97 Å². The molecule has 7 heteroatoms. The summed E-state index contributed by atoms with van der Waals surface area (Å²) in [4.78, 5) is 28.3. The Balaban J connectivity index is 0.00000225. The van der Waals surface area contributed by atoms with Crippen molar-refractivity contribution in [3.63, 3.8) is 0 Å². The Morgan fingerprint density at radius 2 is 2.12 bits per heavy atom. The molecule has 16 heavy (non-hydrogen) atoms. The van der Waals surface area contributed by atoms with Gasteiger partial charge >= 0.3 is 29.6 Å². The average molecular weight is 250 g/mol. The number of nitrogens with one attached hydrogen (secondary N) is 1. The number of carboxylic acids is 1. The van der Waals surface area contributed by atoms with Gasteiger partial charge in [-0.2, -0.15) is 0 Å². The molecule has 0 radical (unpaired) electrons. The molecular formula is C9H11N2NaO3S. The number of carbonyl (C=O) groups is 1. The molecule has 0 spiro atoms. The summed E-state index contributed by atoms with van der Waals surface area (Å²) in [6.07, 6.45) is 0. The first-order chi connectivity index (χ1) is 6.81. The third-order valence-corrected chi connectivity index (χ3v) is 2.76. The summed E-state index contributed by atoms with van der Waals surface area (Å²) in [6.45, 7) is 4.66. The molecule has 0 atom stereocenters. The zero-order chi connectivity index (χ0) is 11.6. The monoisotopic (exact) mass is 250 g/mol.